The van der Waals surface area contributed by atoms with E-state index >= 15 is 0 Å². The molecule has 0 aromatic carbocycles. The Labute approximate surface area is 115 Å². The van der Waals surface area contributed by atoms with Gasteiger partial charge in [0.25, 0.3) is 0 Å². The SMILES string of the molecule is CCCCCCC(=O)NCC(Br)C(CC)CC. The Bertz CT molecular complexity index is 193. The normalized spacial score (nSPS) is 12.8. The van der Waals surface area contributed by atoms with E-state index in [1.165, 1.54) is 32.1 Å². The molecule has 0 rings (SSSR count). The maximum absolute atomic E-state index is 11.6. The third-order valence-electron chi connectivity index (χ3n) is 3.31. The molecule has 17 heavy (non-hydrogen) atoms. The van der Waals surface area contributed by atoms with Gasteiger partial charge in [-0.2, -0.15) is 0 Å². The summed E-state index contributed by atoms with van der Waals surface area (Å²) >= 11 is 3.67. The summed E-state index contributed by atoms with van der Waals surface area (Å²) in [6.45, 7) is 7.36. The average molecular weight is 306 g/mol. The number of halogens is 1. The van der Waals surface area contributed by atoms with Crippen LogP contribution in [0.3, 0.4) is 0 Å². The zero-order valence-corrected chi connectivity index (χ0v) is 13.2. The minimum Gasteiger partial charge on any atom is -0.355 e. The number of carbonyl (C=O) groups excluding carboxylic acids is 1. The molecule has 0 aliphatic rings. The van der Waals surface area contributed by atoms with Crippen molar-refractivity contribution in [1.29, 1.82) is 0 Å². The van der Waals surface area contributed by atoms with E-state index in [0.717, 1.165) is 13.0 Å². The van der Waals surface area contributed by atoms with Crippen molar-refractivity contribution in [1.82, 2.24) is 5.32 Å². The van der Waals surface area contributed by atoms with Crippen LogP contribution in [0.15, 0.2) is 0 Å². The van der Waals surface area contributed by atoms with Crippen LogP contribution in [0.5, 0.6) is 0 Å². The molecule has 1 N–H and O–H groups in total. The molecule has 0 saturated heterocycles. The Balaban J connectivity index is 3.61. The maximum atomic E-state index is 11.6. The summed E-state index contributed by atoms with van der Waals surface area (Å²) in [4.78, 5) is 12.0. The lowest BCUT2D eigenvalue weighted by Crippen LogP contribution is -2.32. The zero-order valence-electron chi connectivity index (χ0n) is 11.6. The van der Waals surface area contributed by atoms with Gasteiger partial charge in [0.2, 0.25) is 5.91 Å². The molecule has 1 unspecified atom stereocenters. The summed E-state index contributed by atoms with van der Waals surface area (Å²) in [5.74, 6) is 0.868. The second-order valence-corrected chi connectivity index (χ2v) is 5.88. The van der Waals surface area contributed by atoms with Gasteiger partial charge in [-0.15, -0.1) is 0 Å². The second-order valence-electron chi connectivity index (χ2n) is 4.71. The van der Waals surface area contributed by atoms with Gasteiger partial charge in [-0.3, -0.25) is 4.79 Å². The molecule has 1 amide bonds. The summed E-state index contributed by atoms with van der Waals surface area (Å²) in [7, 11) is 0. The predicted octanol–water partition coefficient (Wildman–Crippen LogP) is 4.27. The number of hydrogen-bond acceptors (Lipinski definition) is 1. The predicted molar refractivity (Wildman–Crippen MR) is 78.6 cm³/mol. The summed E-state index contributed by atoms with van der Waals surface area (Å²) in [6.07, 6.45) is 7.67. The van der Waals surface area contributed by atoms with E-state index in [4.69, 9.17) is 0 Å². The number of carbonyl (C=O) groups is 1. The number of nitrogens with one attached hydrogen (secondary N) is 1. The fourth-order valence-corrected chi connectivity index (χ4v) is 2.89. The Kier molecular flexibility index (Phi) is 11.0. The molecule has 0 aliphatic heterocycles. The molecule has 0 heterocycles. The van der Waals surface area contributed by atoms with E-state index in [-0.39, 0.29) is 5.91 Å². The Morgan fingerprint density at radius 3 is 2.29 bits per heavy atom. The second kappa shape index (κ2) is 11.1. The molecule has 0 saturated carbocycles. The summed E-state index contributed by atoms with van der Waals surface area (Å²) in [6, 6.07) is 0. The molecule has 0 spiro atoms. The molecule has 0 aliphatic carbocycles. The highest BCUT2D eigenvalue weighted by molar-refractivity contribution is 9.09. The van der Waals surface area contributed by atoms with E-state index < -0.39 is 0 Å². The standard InChI is InChI=1S/C14H28BrNO/c1-4-7-8-9-10-14(17)16-11-13(15)12(5-2)6-3/h12-13H,4-11H2,1-3H3,(H,16,17). The van der Waals surface area contributed by atoms with E-state index in [9.17, 15) is 4.79 Å². The molecule has 3 heteroatoms. The minimum absolute atomic E-state index is 0.205. The number of unbranched alkanes of at least 4 members (excludes halogenated alkanes) is 3. The van der Waals surface area contributed by atoms with Gasteiger partial charge in [0.15, 0.2) is 0 Å². The summed E-state index contributed by atoms with van der Waals surface area (Å²) in [5, 5.41) is 3.02. The third kappa shape index (κ3) is 8.64. The lowest BCUT2D eigenvalue weighted by molar-refractivity contribution is -0.121. The quantitative estimate of drug-likeness (QED) is 0.474. The molecule has 1 atom stereocenters. The lowest BCUT2D eigenvalue weighted by atomic mass is 9.99. The van der Waals surface area contributed by atoms with Crippen LogP contribution in [0.25, 0.3) is 0 Å². The van der Waals surface area contributed by atoms with Crippen molar-refractivity contribution in [3.05, 3.63) is 0 Å². The topological polar surface area (TPSA) is 29.1 Å². The molecule has 0 bridgehead atoms. The summed E-state index contributed by atoms with van der Waals surface area (Å²) < 4.78 is 0. The van der Waals surface area contributed by atoms with Gasteiger partial charge in [0, 0.05) is 17.8 Å². The van der Waals surface area contributed by atoms with Crippen molar-refractivity contribution in [3.63, 3.8) is 0 Å². The van der Waals surface area contributed by atoms with Crippen molar-refractivity contribution in [3.8, 4) is 0 Å². The van der Waals surface area contributed by atoms with Gasteiger partial charge in [-0.05, 0) is 12.3 Å². The third-order valence-corrected chi connectivity index (χ3v) is 4.38. The van der Waals surface area contributed by atoms with E-state index in [1.807, 2.05) is 0 Å². The number of rotatable bonds is 10. The highest BCUT2D eigenvalue weighted by Gasteiger charge is 2.15. The molecule has 102 valence electrons. The smallest absolute Gasteiger partial charge is 0.220 e. The van der Waals surface area contributed by atoms with Crippen molar-refractivity contribution in [2.24, 2.45) is 5.92 Å². The zero-order chi connectivity index (χ0) is 13.1. The first-order valence-corrected chi connectivity index (χ1v) is 7.97. The Hall–Kier alpha value is -0.0500. The first-order valence-electron chi connectivity index (χ1n) is 7.06. The molecular formula is C14H28BrNO. The molecule has 0 aromatic heterocycles. The van der Waals surface area contributed by atoms with Gasteiger partial charge in [-0.1, -0.05) is 68.8 Å². The van der Waals surface area contributed by atoms with Crippen LogP contribution in [0.4, 0.5) is 0 Å². The highest BCUT2D eigenvalue weighted by Crippen LogP contribution is 2.19. The number of amides is 1. The molecular weight excluding hydrogens is 278 g/mol. The van der Waals surface area contributed by atoms with Crippen LogP contribution < -0.4 is 5.32 Å². The van der Waals surface area contributed by atoms with Crippen molar-refractivity contribution in [2.45, 2.75) is 70.5 Å². The lowest BCUT2D eigenvalue weighted by Gasteiger charge is -2.19. The van der Waals surface area contributed by atoms with Crippen LogP contribution in [0, 0.1) is 5.92 Å². The van der Waals surface area contributed by atoms with Crippen LogP contribution in [0.1, 0.15) is 65.7 Å². The fraction of sp³-hybridized carbons (Fsp3) is 0.929. The van der Waals surface area contributed by atoms with E-state index in [2.05, 4.69) is 42.0 Å². The van der Waals surface area contributed by atoms with Gasteiger partial charge >= 0.3 is 0 Å². The Morgan fingerprint density at radius 2 is 1.76 bits per heavy atom. The van der Waals surface area contributed by atoms with E-state index in [1.54, 1.807) is 0 Å². The molecule has 0 radical (unpaired) electrons. The van der Waals surface area contributed by atoms with Gasteiger partial charge in [0.1, 0.15) is 0 Å². The number of alkyl halides is 1. The molecule has 0 fully saturated rings. The highest BCUT2D eigenvalue weighted by atomic mass is 79.9. The van der Waals surface area contributed by atoms with Gasteiger partial charge < -0.3 is 5.32 Å². The molecule has 0 aromatic rings. The van der Waals surface area contributed by atoms with Crippen LogP contribution in [-0.2, 0) is 4.79 Å². The maximum Gasteiger partial charge on any atom is 0.220 e. The number of hydrogen-bond donors (Lipinski definition) is 1. The largest absolute Gasteiger partial charge is 0.355 e. The molecule has 2 nitrogen and oxygen atoms in total. The van der Waals surface area contributed by atoms with Crippen LogP contribution in [-0.4, -0.2) is 17.3 Å². The summed E-state index contributed by atoms with van der Waals surface area (Å²) in [5.41, 5.74) is 0. The Morgan fingerprint density at radius 1 is 1.12 bits per heavy atom. The minimum atomic E-state index is 0.205. The van der Waals surface area contributed by atoms with Crippen LogP contribution in [0.2, 0.25) is 0 Å². The average Bonchev–Trinajstić information content (AvgIpc) is 2.33. The monoisotopic (exact) mass is 305 g/mol. The van der Waals surface area contributed by atoms with Crippen LogP contribution >= 0.6 is 15.9 Å². The fourth-order valence-electron chi connectivity index (χ4n) is 1.98. The first-order chi connectivity index (χ1) is 8.15. The van der Waals surface area contributed by atoms with Gasteiger partial charge in [-0.25, -0.2) is 0 Å². The first kappa shape index (κ1) is 16.9. The van der Waals surface area contributed by atoms with Gasteiger partial charge in [0.05, 0.1) is 0 Å². The van der Waals surface area contributed by atoms with Crippen molar-refractivity contribution in [2.75, 3.05) is 6.54 Å². The van der Waals surface area contributed by atoms with Crippen molar-refractivity contribution < 1.29 is 4.79 Å². The van der Waals surface area contributed by atoms with Crippen molar-refractivity contribution >= 4 is 21.8 Å². The van der Waals surface area contributed by atoms with E-state index in [0.29, 0.717) is 17.2 Å².